The van der Waals surface area contributed by atoms with Crippen LogP contribution in [-0.4, -0.2) is 65.4 Å². The molecule has 0 spiro atoms. The maximum Gasteiger partial charge on any atom is 0.490 e. The number of alkyl halides is 3. The number of ether oxygens (including phenoxy) is 1. The van der Waals surface area contributed by atoms with Gasteiger partial charge in [0, 0.05) is 19.1 Å². The van der Waals surface area contributed by atoms with Gasteiger partial charge in [-0.15, -0.1) is 0 Å². The Morgan fingerprint density at radius 1 is 0.833 bits per heavy atom. The van der Waals surface area contributed by atoms with Crippen LogP contribution in [0.25, 0.3) is 21.5 Å². The summed E-state index contributed by atoms with van der Waals surface area (Å²) >= 11 is 0. The Morgan fingerprint density at radius 2 is 1.42 bits per heavy atom. The molecule has 2 saturated heterocycles. The second-order valence-electron chi connectivity index (χ2n) is 9.16. The van der Waals surface area contributed by atoms with Crippen molar-refractivity contribution in [1.82, 2.24) is 9.80 Å². The zero-order valence-electron chi connectivity index (χ0n) is 19.8. The summed E-state index contributed by atoms with van der Waals surface area (Å²) in [7, 11) is 0. The summed E-state index contributed by atoms with van der Waals surface area (Å²) in [5.74, 6) is -2.13. The van der Waals surface area contributed by atoms with Crippen molar-refractivity contribution in [2.24, 2.45) is 0 Å². The first-order valence-corrected chi connectivity index (χ1v) is 12.1. The molecule has 0 radical (unpaired) electrons. The van der Waals surface area contributed by atoms with Crippen molar-refractivity contribution in [3.63, 3.8) is 0 Å². The highest BCUT2D eigenvalue weighted by atomic mass is 19.4. The van der Waals surface area contributed by atoms with Crippen LogP contribution in [0, 0.1) is 0 Å². The zero-order chi connectivity index (χ0) is 25.7. The lowest BCUT2D eigenvalue weighted by molar-refractivity contribution is -0.192. The molecule has 0 bridgehead atoms. The maximum absolute atomic E-state index is 12.7. The van der Waals surface area contributed by atoms with Crippen LogP contribution < -0.4 is 4.74 Å². The molecule has 0 saturated carbocycles. The Kier molecular flexibility index (Phi) is 7.98. The van der Waals surface area contributed by atoms with Crippen molar-refractivity contribution in [2.45, 2.75) is 44.3 Å². The first kappa shape index (κ1) is 25.8. The number of carbonyl (C=O) groups excluding carboxylic acids is 1. The van der Waals surface area contributed by atoms with Gasteiger partial charge in [-0.2, -0.15) is 13.2 Å². The lowest BCUT2D eigenvalue weighted by Gasteiger charge is -2.39. The summed E-state index contributed by atoms with van der Waals surface area (Å²) < 4.78 is 37.5. The number of piperidine rings is 2. The van der Waals surface area contributed by atoms with Crippen molar-refractivity contribution in [3.8, 4) is 5.75 Å². The van der Waals surface area contributed by atoms with Crippen LogP contribution >= 0.6 is 0 Å². The molecule has 6 nitrogen and oxygen atoms in total. The van der Waals surface area contributed by atoms with Crippen LogP contribution in [0.5, 0.6) is 5.75 Å². The molecule has 1 amide bonds. The number of benzene rings is 3. The van der Waals surface area contributed by atoms with Crippen molar-refractivity contribution in [2.75, 3.05) is 26.2 Å². The zero-order valence-corrected chi connectivity index (χ0v) is 19.8. The number of hydrogen-bond donors (Lipinski definition) is 1. The predicted octanol–water partition coefficient (Wildman–Crippen LogP) is 6.08. The Morgan fingerprint density at radius 3 is 2.06 bits per heavy atom. The van der Waals surface area contributed by atoms with Gasteiger partial charge < -0.3 is 19.6 Å². The van der Waals surface area contributed by atoms with E-state index < -0.39 is 12.1 Å². The van der Waals surface area contributed by atoms with E-state index in [9.17, 15) is 18.0 Å². The minimum absolute atomic E-state index is 0.221. The number of nitrogens with zero attached hydrogens (tertiary/aromatic N) is 2. The second kappa shape index (κ2) is 11.2. The van der Waals surface area contributed by atoms with Crippen molar-refractivity contribution in [3.05, 3.63) is 54.6 Å². The van der Waals surface area contributed by atoms with Gasteiger partial charge in [0.25, 0.3) is 0 Å². The average molecular weight is 503 g/mol. The number of carboxylic acid groups (broad SMARTS) is 1. The fourth-order valence-electron chi connectivity index (χ4n) is 4.91. The highest BCUT2D eigenvalue weighted by molar-refractivity contribution is 6.07. The molecule has 1 N–H and O–H groups in total. The van der Waals surface area contributed by atoms with E-state index in [4.69, 9.17) is 14.6 Å². The van der Waals surface area contributed by atoms with Gasteiger partial charge in [-0.05, 0) is 72.5 Å². The lowest BCUT2D eigenvalue weighted by atomic mass is 10.0. The molecular weight excluding hydrogens is 473 g/mol. The molecule has 0 aromatic heterocycles. The highest BCUT2D eigenvalue weighted by Gasteiger charge is 2.38. The molecule has 3 aromatic rings. The standard InChI is InChI=1S/C25H28N2O2.C2HF3O2/c28-25(27-16-12-21(13-17-27)26-14-4-1-5-15-26)29-22-11-10-20-9-8-19-6-2-3-7-23(19)24(20)18-22;3-2(4,5)1(6)7/h2-3,6-11,18,21H,1,4-5,12-17H2;(H,6,7). The number of likely N-dealkylation sites (tertiary alicyclic amines) is 2. The smallest absolute Gasteiger partial charge is 0.475 e. The second-order valence-corrected chi connectivity index (χ2v) is 9.16. The highest BCUT2D eigenvalue weighted by Crippen LogP contribution is 2.29. The number of carbonyl (C=O) groups is 2. The first-order chi connectivity index (χ1) is 17.2. The quantitative estimate of drug-likeness (QED) is 0.431. The van der Waals surface area contributed by atoms with Gasteiger partial charge in [0.2, 0.25) is 0 Å². The number of halogens is 3. The number of rotatable bonds is 2. The van der Waals surface area contributed by atoms with Gasteiger partial charge in [-0.1, -0.05) is 48.9 Å². The van der Waals surface area contributed by atoms with Crippen LogP contribution in [0.2, 0.25) is 0 Å². The molecule has 5 rings (SSSR count). The molecule has 2 aliphatic rings. The van der Waals surface area contributed by atoms with E-state index in [2.05, 4.69) is 29.2 Å². The summed E-state index contributed by atoms with van der Waals surface area (Å²) in [6.45, 7) is 4.02. The minimum atomic E-state index is -5.08. The van der Waals surface area contributed by atoms with Gasteiger partial charge in [0.1, 0.15) is 5.75 Å². The molecule has 9 heteroatoms. The van der Waals surface area contributed by atoms with E-state index in [0.29, 0.717) is 11.8 Å². The fourth-order valence-corrected chi connectivity index (χ4v) is 4.91. The normalized spacial score (nSPS) is 17.5. The number of fused-ring (bicyclic) bond motifs is 3. The van der Waals surface area contributed by atoms with Crippen LogP contribution in [-0.2, 0) is 4.79 Å². The molecule has 0 aliphatic carbocycles. The topological polar surface area (TPSA) is 70.1 Å². The summed E-state index contributed by atoms with van der Waals surface area (Å²) in [5.41, 5.74) is 0. The molecule has 0 atom stereocenters. The SMILES string of the molecule is O=C(O)C(F)(F)F.O=C(Oc1ccc2ccc3ccccc3c2c1)N1CCC(N2CCCCC2)CC1. The third-order valence-electron chi connectivity index (χ3n) is 6.80. The van der Waals surface area contributed by atoms with E-state index in [1.807, 2.05) is 35.2 Å². The Hall–Kier alpha value is -3.33. The van der Waals surface area contributed by atoms with Crippen LogP contribution in [0.3, 0.4) is 0 Å². The van der Waals surface area contributed by atoms with Crippen LogP contribution in [0.4, 0.5) is 18.0 Å². The van der Waals surface area contributed by atoms with E-state index in [-0.39, 0.29) is 6.09 Å². The van der Waals surface area contributed by atoms with Crippen LogP contribution in [0.15, 0.2) is 54.6 Å². The molecule has 2 heterocycles. The Labute approximate surface area is 207 Å². The van der Waals surface area contributed by atoms with Gasteiger partial charge in [0.05, 0.1) is 0 Å². The molecule has 36 heavy (non-hydrogen) atoms. The molecule has 192 valence electrons. The van der Waals surface area contributed by atoms with E-state index >= 15 is 0 Å². The fraction of sp³-hybridized carbons (Fsp3) is 0.407. The third-order valence-corrected chi connectivity index (χ3v) is 6.80. The molecule has 2 fully saturated rings. The van der Waals surface area contributed by atoms with Crippen molar-refractivity contribution in [1.29, 1.82) is 0 Å². The summed E-state index contributed by atoms with van der Waals surface area (Å²) in [6, 6.07) is 19.1. The van der Waals surface area contributed by atoms with E-state index in [1.54, 1.807) is 0 Å². The maximum atomic E-state index is 12.7. The van der Waals surface area contributed by atoms with Gasteiger partial charge >= 0.3 is 18.2 Å². The van der Waals surface area contributed by atoms with Gasteiger partial charge in [0.15, 0.2) is 0 Å². The third kappa shape index (κ3) is 6.26. The van der Waals surface area contributed by atoms with Crippen molar-refractivity contribution < 1.29 is 32.6 Å². The number of aliphatic carboxylic acids is 1. The summed E-state index contributed by atoms with van der Waals surface area (Å²) in [6.07, 6.45) is 0.803. The monoisotopic (exact) mass is 502 g/mol. The number of hydrogen-bond acceptors (Lipinski definition) is 4. The number of carboxylic acids is 1. The molecule has 3 aromatic carbocycles. The molecule has 2 aliphatic heterocycles. The van der Waals surface area contributed by atoms with Crippen molar-refractivity contribution >= 4 is 33.6 Å². The van der Waals surface area contributed by atoms with E-state index in [1.165, 1.54) is 43.1 Å². The first-order valence-electron chi connectivity index (χ1n) is 12.1. The largest absolute Gasteiger partial charge is 0.490 e. The lowest BCUT2D eigenvalue weighted by Crippen LogP contribution is -2.48. The van der Waals surface area contributed by atoms with Crippen LogP contribution in [0.1, 0.15) is 32.1 Å². The molecular formula is C27H29F3N2O4. The summed E-state index contributed by atoms with van der Waals surface area (Å²) in [5, 5.41) is 11.8. The average Bonchev–Trinajstić information content (AvgIpc) is 2.89. The van der Waals surface area contributed by atoms with E-state index in [0.717, 1.165) is 36.7 Å². The number of amides is 1. The van der Waals surface area contributed by atoms with Gasteiger partial charge in [-0.25, -0.2) is 9.59 Å². The predicted molar refractivity (Wildman–Crippen MR) is 131 cm³/mol. The molecule has 0 unspecified atom stereocenters. The summed E-state index contributed by atoms with van der Waals surface area (Å²) in [4.78, 5) is 26.1. The minimum Gasteiger partial charge on any atom is -0.475 e. The van der Waals surface area contributed by atoms with Gasteiger partial charge in [-0.3, -0.25) is 0 Å². The Bertz CT molecular complexity index is 1220. The Balaban J connectivity index is 0.000000384.